The van der Waals surface area contributed by atoms with Gasteiger partial charge in [0.2, 0.25) is 0 Å². The van der Waals surface area contributed by atoms with Crippen LogP contribution >= 0.6 is 0 Å². The van der Waals surface area contributed by atoms with Crippen molar-refractivity contribution in [2.45, 2.75) is 44.8 Å². The molecule has 0 aliphatic rings. The van der Waals surface area contributed by atoms with E-state index in [1.165, 1.54) is 12.1 Å². The summed E-state index contributed by atoms with van der Waals surface area (Å²) in [5.41, 5.74) is 11.3. The first kappa shape index (κ1) is 16.5. The Balaban J connectivity index is 3.58. The Bertz CT molecular complexity index is 641. The molecule has 0 aliphatic carbocycles. The number of nitrogens with two attached hydrogens (primary N) is 2. The molecule has 1 aromatic rings. The first-order chi connectivity index (χ1) is 8.89. The second kappa shape index (κ2) is 5.09. The average Bonchev–Trinajstić information content (AvgIpc) is 2.29. The van der Waals surface area contributed by atoms with Crippen LogP contribution in [-0.4, -0.2) is 19.5 Å². The lowest BCUT2D eigenvalue weighted by molar-refractivity contribution is 0.0858. The Labute approximate surface area is 120 Å². The van der Waals surface area contributed by atoms with E-state index >= 15 is 0 Å². The Morgan fingerprint density at radius 1 is 1.15 bits per heavy atom. The second-order valence-corrected chi connectivity index (χ2v) is 8.62. The highest BCUT2D eigenvalue weighted by Gasteiger charge is 2.28. The molecule has 4 N–H and O–H groups in total. The molecule has 5 nitrogen and oxygen atoms in total. The van der Waals surface area contributed by atoms with E-state index in [4.69, 9.17) is 11.5 Å². The molecule has 112 valence electrons. The van der Waals surface area contributed by atoms with Crippen molar-refractivity contribution in [2.75, 3.05) is 11.5 Å². The molecule has 0 radical (unpaired) electrons. The van der Waals surface area contributed by atoms with Gasteiger partial charge in [-0.1, -0.05) is 20.8 Å². The minimum atomic E-state index is -3.59. The number of rotatable bonds is 3. The van der Waals surface area contributed by atoms with Crippen molar-refractivity contribution in [3.63, 3.8) is 0 Å². The van der Waals surface area contributed by atoms with E-state index in [0.717, 1.165) is 0 Å². The molecule has 0 aromatic heterocycles. The van der Waals surface area contributed by atoms with Gasteiger partial charge in [-0.05, 0) is 26.0 Å². The highest BCUT2D eigenvalue weighted by Crippen LogP contribution is 2.32. The Morgan fingerprint density at radius 3 is 2.05 bits per heavy atom. The molecule has 0 amide bonds. The molecule has 0 fully saturated rings. The summed E-state index contributed by atoms with van der Waals surface area (Å²) < 4.78 is 24.6. The number of sulfone groups is 1. The van der Waals surface area contributed by atoms with E-state index in [-0.39, 0.29) is 27.6 Å². The zero-order valence-corrected chi connectivity index (χ0v) is 13.3. The minimum Gasteiger partial charge on any atom is -0.397 e. The van der Waals surface area contributed by atoms with Gasteiger partial charge in [0.1, 0.15) is 0 Å². The second-order valence-electron chi connectivity index (χ2n) is 6.15. The van der Waals surface area contributed by atoms with Crippen LogP contribution in [0.4, 0.5) is 11.4 Å². The minimum absolute atomic E-state index is 0.00385. The van der Waals surface area contributed by atoms with Crippen LogP contribution in [0.1, 0.15) is 45.0 Å². The molecular weight excluding hydrogens is 276 g/mol. The van der Waals surface area contributed by atoms with Gasteiger partial charge < -0.3 is 11.5 Å². The summed E-state index contributed by atoms with van der Waals surface area (Å²) in [4.78, 5) is 12.2. The quantitative estimate of drug-likeness (QED) is 0.658. The van der Waals surface area contributed by atoms with Gasteiger partial charge in [0, 0.05) is 11.0 Å². The highest BCUT2D eigenvalue weighted by atomic mass is 32.2. The maximum absolute atomic E-state index is 12.3. The molecule has 0 heterocycles. The number of hydrogen-bond donors (Lipinski definition) is 2. The summed E-state index contributed by atoms with van der Waals surface area (Å²) in [7, 11) is -3.59. The van der Waals surface area contributed by atoms with E-state index < -0.39 is 20.5 Å². The maximum Gasteiger partial charge on any atom is 0.182 e. The zero-order chi connectivity index (χ0) is 15.9. The van der Waals surface area contributed by atoms with Crippen LogP contribution in [0.5, 0.6) is 0 Å². The van der Waals surface area contributed by atoms with Crippen molar-refractivity contribution in [1.82, 2.24) is 0 Å². The molecule has 0 atom stereocenters. The van der Waals surface area contributed by atoms with Crippen molar-refractivity contribution in [1.29, 1.82) is 0 Å². The predicted octanol–water partition coefficient (Wildman–Crippen LogP) is 2.26. The number of benzene rings is 1. The fourth-order valence-corrected chi connectivity index (χ4v) is 2.93. The number of carbonyl (C=O) groups is 1. The normalized spacial score (nSPS) is 12.7. The van der Waals surface area contributed by atoms with Gasteiger partial charge in [0.25, 0.3) is 0 Å². The molecule has 0 aliphatic heterocycles. The molecule has 1 rings (SSSR count). The van der Waals surface area contributed by atoms with E-state index in [2.05, 4.69) is 0 Å². The number of Topliss-reactive ketones (excluding diaryl/α,β-unsaturated/α-hetero) is 1. The van der Waals surface area contributed by atoms with Crippen molar-refractivity contribution in [3.8, 4) is 0 Å². The molecule has 0 saturated carbocycles. The fourth-order valence-electron chi connectivity index (χ4n) is 1.70. The van der Waals surface area contributed by atoms with E-state index in [1.54, 1.807) is 34.6 Å². The Kier molecular flexibility index (Phi) is 4.20. The smallest absolute Gasteiger partial charge is 0.182 e. The third-order valence-corrected chi connectivity index (χ3v) is 5.24. The molecule has 0 bridgehead atoms. The van der Waals surface area contributed by atoms with E-state index in [9.17, 15) is 13.2 Å². The van der Waals surface area contributed by atoms with Crippen molar-refractivity contribution >= 4 is 27.0 Å². The molecule has 0 unspecified atom stereocenters. The summed E-state index contributed by atoms with van der Waals surface area (Å²) in [6, 6.07) is 2.76. The third-order valence-electron chi connectivity index (χ3n) is 3.04. The van der Waals surface area contributed by atoms with Gasteiger partial charge >= 0.3 is 0 Å². The Hall–Kier alpha value is -1.56. The zero-order valence-electron chi connectivity index (χ0n) is 12.5. The van der Waals surface area contributed by atoms with E-state index in [1.807, 2.05) is 0 Å². The third kappa shape index (κ3) is 2.95. The van der Waals surface area contributed by atoms with Crippen LogP contribution in [0, 0.1) is 5.41 Å². The lowest BCUT2D eigenvalue weighted by Gasteiger charge is -2.19. The van der Waals surface area contributed by atoms with E-state index in [0.29, 0.717) is 0 Å². The standard InChI is InChI=1S/C14H22N2O3S/c1-8(2)20(18,19)11-7-9(6-10(15)12(11)16)13(17)14(3,4)5/h6-8H,15-16H2,1-5H3. The van der Waals surface area contributed by atoms with Gasteiger partial charge in [0.15, 0.2) is 15.6 Å². The summed E-state index contributed by atoms with van der Waals surface area (Å²) in [6.45, 7) is 8.40. The predicted molar refractivity (Wildman–Crippen MR) is 81.4 cm³/mol. The maximum atomic E-state index is 12.3. The van der Waals surface area contributed by atoms with Crippen molar-refractivity contribution < 1.29 is 13.2 Å². The molecule has 6 heteroatoms. The van der Waals surface area contributed by atoms with Crippen molar-refractivity contribution in [3.05, 3.63) is 17.7 Å². The average molecular weight is 298 g/mol. The topological polar surface area (TPSA) is 103 Å². The van der Waals surface area contributed by atoms with Gasteiger partial charge in [-0.2, -0.15) is 0 Å². The molecule has 0 saturated heterocycles. The van der Waals surface area contributed by atoms with Crippen LogP contribution in [0.25, 0.3) is 0 Å². The van der Waals surface area contributed by atoms with Gasteiger partial charge in [-0.3, -0.25) is 4.79 Å². The monoisotopic (exact) mass is 298 g/mol. The molecule has 20 heavy (non-hydrogen) atoms. The first-order valence-corrected chi connectivity index (χ1v) is 7.91. The number of anilines is 2. The van der Waals surface area contributed by atoms with Crippen molar-refractivity contribution in [2.24, 2.45) is 5.41 Å². The van der Waals surface area contributed by atoms with Gasteiger partial charge in [-0.25, -0.2) is 8.42 Å². The number of carbonyl (C=O) groups excluding carboxylic acids is 1. The lowest BCUT2D eigenvalue weighted by Crippen LogP contribution is -2.22. The number of nitrogen functional groups attached to an aromatic ring is 2. The number of ketones is 1. The largest absolute Gasteiger partial charge is 0.397 e. The van der Waals surface area contributed by atoms with Gasteiger partial charge in [-0.15, -0.1) is 0 Å². The first-order valence-electron chi connectivity index (χ1n) is 6.36. The molecular formula is C14H22N2O3S. The lowest BCUT2D eigenvalue weighted by atomic mass is 9.86. The summed E-state index contributed by atoms with van der Waals surface area (Å²) in [5.74, 6) is -0.176. The summed E-state index contributed by atoms with van der Waals surface area (Å²) in [6.07, 6.45) is 0. The molecule has 1 aromatic carbocycles. The SMILES string of the molecule is CC(C)S(=O)(=O)c1cc(C(=O)C(C)(C)C)cc(N)c1N. The Morgan fingerprint density at radius 2 is 1.65 bits per heavy atom. The number of hydrogen-bond acceptors (Lipinski definition) is 5. The van der Waals surface area contributed by atoms with Crippen LogP contribution in [0.15, 0.2) is 17.0 Å². The summed E-state index contributed by atoms with van der Waals surface area (Å²) >= 11 is 0. The van der Waals surface area contributed by atoms with Crippen LogP contribution < -0.4 is 11.5 Å². The molecule has 0 spiro atoms. The van der Waals surface area contributed by atoms with Crippen LogP contribution in [0.3, 0.4) is 0 Å². The van der Waals surface area contributed by atoms with Crippen LogP contribution in [0.2, 0.25) is 0 Å². The highest BCUT2D eigenvalue weighted by molar-refractivity contribution is 7.92. The summed E-state index contributed by atoms with van der Waals surface area (Å²) in [5, 5.41) is -0.635. The fraction of sp³-hybridized carbons (Fsp3) is 0.500. The van der Waals surface area contributed by atoms with Crippen LogP contribution in [-0.2, 0) is 9.84 Å². The van der Waals surface area contributed by atoms with Gasteiger partial charge in [0.05, 0.1) is 21.5 Å².